The Labute approximate surface area is 162 Å². The number of carbonyl (C=O) groups is 1. The number of aryl methyl sites for hydroxylation is 1. The van der Waals surface area contributed by atoms with Gasteiger partial charge in [0, 0.05) is 38.9 Å². The predicted octanol–water partition coefficient (Wildman–Crippen LogP) is 1.65. The van der Waals surface area contributed by atoms with E-state index in [1.165, 1.54) is 12.1 Å². The van der Waals surface area contributed by atoms with Crippen molar-refractivity contribution in [3.63, 3.8) is 0 Å². The molecule has 3 heterocycles. The zero-order valence-corrected chi connectivity index (χ0v) is 15.8. The first-order valence-corrected chi connectivity index (χ1v) is 9.21. The minimum atomic E-state index is -0.370. The molecule has 146 valence electrons. The molecule has 0 unspecified atom stereocenters. The first-order valence-electron chi connectivity index (χ1n) is 9.21. The molecule has 1 amide bonds. The van der Waals surface area contributed by atoms with Crippen molar-refractivity contribution < 1.29 is 9.18 Å². The molecule has 9 heteroatoms. The lowest BCUT2D eigenvalue weighted by atomic mass is 10.2. The second-order valence-corrected chi connectivity index (χ2v) is 6.90. The van der Waals surface area contributed by atoms with E-state index in [9.17, 15) is 9.18 Å². The average molecular weight is 383 g/mol. The van der Waals surface area contributed by atoms with Crippen LogP contribution in [0.5, 0.6) is 0 Å². The van der Waals surface area contributed by atoms with Crippen LogP contribution in [0.3, 0.4) is 0 Å². The largest absolute Gasteiger partial charge is 0.353 e. The molecule has 0 saturated carbocycles. The van der Waals surface area contributed by atoms with E-state index in [1.807, 2.05) is 14.0 Å². The Balaban J connectivity index is 1.40. The fraction of sp³-hybridized carbons (Fsp3) is 0.368. The van der Waals surface area contributed by atoms with E-state index in [4.69, 9.17) is 0 Å². The zero-order chi connectivity index (χ0) is 19.7. The molecule has 1 aromatic carbocycles. The van der Waals surface area contributed by atoms with E-state index in [1.54, 1.807) is 29.3 Å². The molecular weight excluding hydrogens is 361 g/mol. The number of hydrogen-bond acceptors (Lipinski definition) is 6. The molecule has 1 saturated heterocycles. The summed E-state index contributed by atoms with van der Waals surface area (Å²) >= 11 is 0. The number of nitrogens with one attached hydrogen (secondary N) is 1. The molecule has 8 nitrogen and oxygen atoms in total. The molecule has 1 N–H and O–H groups in total. The van der Waals surface area contributed by atoms with Crippen LogP contribution in [-0.2, 0) is 11.8 Å². The Morgan fingerprint density at radius 2 is 2.00 bits per heavy atom. The van der Waals surface area contributed by atoms with E-state index in [0.29, 0.717) is 5.69 Å². The van der Waals surface area contributed by atoms with Crippen molar-refractivity contribution in [3.05, 3.63) is 42.6 Å². The lowest BCUT2D eigenvalue weighted by molar-refractivity contribution is -0.120. The Kier molecular flexibility index (Phi) is 4.91. The van der Waals surface area contributed by atoms with E-state index in [0.717, 1.165) is 43.0 Å². The van der Waals surface area contributed by atoms with Crippen molar-refractivity contribution in [3.8, 4) is 0 Å². The van der Waals surface area contributed by atoms with Gasteiger partial charge in [0.2, 0.25) is 5.91 Å². The molecule has 0 aliphatic carbocycles. The van der Waals surface area contributed by atoms with Crippen molar-refractivity contribution in [2.24, 2.45) is 7.05 Å². The second kappa shape index (κ2) is 7.51. The van der Waals surface area contributed by atoms with Gasteiger partial charge in [-0.3, -0.25) is 14.4 Å². The summed E-state index contributed by atoms with van der Waals surface area (Å²) in [4.78, 5) is 25.6. The Morgan fingerprint density at radius 1 is 1.21 bits per heavy atom. The van der Waals surface area contributed by atoms with Crippen LogP contribution in [0.4, 0.5) is 15.9 Å². The maximum absolute atomic E-state index is 13.3. The maximum Gasteiger partial charge on any atom is 0.241 e. The number of piperazine rings is 1. The second-order valence-electron chi connectivity index (χ2n) is 6.90. The number of aromatic nitrogens is 4. The number of fused-ring (bicyclic) bond motifs is 1. The Hall–Kier alpha value is -3.07. The highest BCUT2D eigenvalue weighted by molar-refractivity contribution is 5.94. The minimum Gasteiger partial charge on any atom is -0.353 e. The summed E-state index contributed by atoms with van der Waals surface area (Å²) in [7, 11) is 1.86. The molecule has 1 aliphatic rings. The van der Waals surface area contributed by atoms with E-state index in [-0.39, 0.29) is 17.8 Å². The standard InChI is InChI=1S/C19H22FN7O/c1-13(19(28)24-15-5-3-4-14(20)10-15)26-6-8-27(9-7-26)18-16-11-23-25(2)17(16)21-12-22-18/h3-5,10-13H,6-9H2,1-2H3,(H,24,28)/t13-/m0/s1. The summed E-state index contributed by atoms with van der Waals surface area (Å²) in [6.07, 6.45) is 3.34. The van der Waals surface area contributed by atoms with Gasteiger partial charge in [-0.2, -0.15) is 5.10 Å². The van der Waals surface area contributed by atoms with Gasteiger partial charge in [-0.05, 0) is 25.1 Å². The lowest BCUT2D eigenvalue weighted by Gasteiger charge is -2.38. The highest BCUT2D eigenvalue weighted by Gasteiger charge is 2.27. The molecule has 28 heavy (non-hydrogen) atoms. The van der Waals surface area contributed by atoms with Gasteiger partial charge in [-0.25, -0.2) is 14.4 Å². The maximum atomic E-state index is 13.3. The van der Waals surface area contributed by atoms with Gasteiger partial charge in [0.25, 0.3) is 0 Å². The third kappa shape index (κ3) is 3.53. The average Bonchev–Trinajstić information content (AvgIpc) is 3.09. The van der Waals surface area contributed by atoms with Crippen molar-refractivity contribution in [1.29, 1.82) is 0 Å². The van der Waals surface area contributed by atoms with Gasteiger partial charge in [-0.1, -0.05) is 6.07 Å². The van der Waals surface area contributed by atoms with Gasteiger partial charge < -0.3 is 10.2 Å². The summed E-state index contributed by atoms with van der Waals surface area (Å²) in [5.74, 6) is 0.357. The van der Waals surface area contributed by atoms with Gasteiger partial charge in [0.05, 0.1) is 17.6 Å². The van der Waals surface area contributed by atoms with Crippen molar-refractivity contribution in [2.45, 2.75) is 13.0 Å². The monoisotopic (exact) mass is 383 g/mol. The topological polar surface area (TPSA) is 79.2 Å². The van der Waals surface area contributed by atoms with Crippen LogP contribution in [-0.4, -0.2) is 62.8 Å². The summed E-state index contributed by atoms with van der Waals surface area (Å²) in [5.41, 5.74) is 1.27. The van der Waals surface area contributed by atoms with Crippen molar-refractivity contribution >= 4 is 28.4 Å². The number of halogens is 1. The molecule has 2 aromatic heterocycles. The third-order valence-electron chi connectivity index (χ3n) is 5.14. The SMILES string of the molecule is C[C@@H](C(=O)Nc1cccc(F)c1)N1CCN(c2ncnc3c2cnn3C)CC1. The quantitative estimate of drug-likeness (QED) is 0.738. The highest BCUT2D eigenvalue weighted by atomic mass is 19.1. The number of hydrogen-bond donors (Lipinski definition) is 1. The molecule has 0 spiro atoms. The molecule has 0 bridgehead atoms. The summed E-state index contributed by atoms with van der Waals surface area (Å²) in [6, 6.07) is 5.62. The number of nitrogens with zero attached hydrogens (tertiary/aromatic N) is 6. The summed E-state index contributed by atoms with van der Waals surface area (Å²) in [5, 5.41) is 7.97. The summed E-state index contributed by atoms with van der Waals surface area (Å²) < 4.78 is 15.0. The Bertz CT molecular complexity index is 997. The van der Waals surface area contributed by atoms with Crippen molar-refractivity contribution in [1.82, 2.24) is 24.6 Å². The molecule has 4 rings (SSSR count). The smallest absolute Gasteiger partial charge is 0.241 e. The third-order valence-corrected chi connectivity index (χ3v) is 5.14. The minimum absolute atomic E-state index is 0.143. The highest BCUT2D eigenvalue weighted by Crippen LogP contribution is 2.23. The van der Waals surface area contributed by atoms with Crippen LogP contribution in [0.25, 0.3) is 11.0 Å². The summed E-state index contributed by atoms with van der Waals surface area (Å²) in [6.45, 7) is 4.82. The lowest BCUT2D eigenvalue weighted by Crippen LogP contribution is -2.53. The molecule has 3 aromatic rings. The first-order chi connectivity index (χ1) is 13.5. The van der Waals surface area contributed by atoms with Crippen LogP contribution in [0.2, 0.25) is 0 Å². The molecule has 1 atom stereocenters. The van der Waals surface area contributed by atoms with Crippen LogP contribution in [0.1, 0.15) is 6.92 Å². The molecule has 1 fully saturated rings. The van der Waals surface area contributed by atoms with Crippen molar-refractivity contribution in [2.75, 3.05) is 36.4 Å². The normalized spacial score (nSPS) is 16.3. The number of carbonyl (C=O) groups excluding carboxylic acids is 1. The number of anilines is 2. The molecule has 0 radical (unpaired) electrons. The fourth-order valence-corrected chi connectivity index (χ4v) is 3.50. The van der Waals surface area contributed by atoms with Crippen LogP contribution >= 0.6 is 0 Å². The fourth-order valence-electron chi connectivity index (χ4n) is 3.50. The van der Waals surface area contributed by atoms with Crippen LogP contribution in [0.15, 0.2) is 36.8 Å². The van der Waals surface area contributed by atoms with E-state index >= 15 is 0 Å². The molecule has 1 aliphatic heterocycles. The van der Waals surface area contributed by atoms with Gasteiger partial charge in [-0.15, -0.1) is 0 Å². The van der Waals surface area contributed by atoms with Gasteiger partial charge in [0.15, 0.2) is 5.65 Å². The van der Waals surface area contributed by atoms with E-state index in [2.05, 4.69) is 30.2 Å². The Morgan fingerprint density at radius 3 is 2.75 bits per heavy atom. The predicted molar refractivity (Wildman–Crippen MR) is 105 cm³/mol. The molecular formula is C19H22FN7O. The van der Waals surface area contributed by atoms with Crippen LogP contribution in [0, 0.1) is 5.82 Å². The number of amides is 1. The first kappa shape index (κ1) is 18.3. The van der Waals surface area contributed by atoms with Gasteiger partial charge in [0.1, 0.15) is 18.0 Å². The van der Waals surface area contributed by atoms with Crippen LogP contribution < -0.4 is 10.2 Å². The zero-order valence-electron chi connectivity index (χ0n) is 15.8. The van der Waals surface area contributed by atoms with Gasteiger partial charge >= 0.3 is 0 Å². The number of rotatable bonds is 4. The number of benzene rings is 1. The van der Waals surface area contributed by atoms with E-state index < -0.39 is 0 Å².